The molecule has 0 spiro atoms. The average molecular weight is 242 g/mol. The van der Waals surface area contributed by atoms with Crippen LogP contribution in [-0.2, 0) is 0 Å². The number of aromatic nitrogens is 1. The van der Waals surface area contributed by atoms with Crippen molar-refractivity contribution in [3.63, 3.8) is 0 Å². The largest absolute Gasteiger partial charge is 0.438 e. The fourth-order valence-electron chi connectivity index (χ4n) is 1.73. The number of aryl methyl sites for hydroxylation is 2. The van der Waals surface area contributed by atoms with Gasteiger partial charge in [0.2, 0.25) is 11.8 Å². The molecule has 0 atom stereocenters. The summed E-state index contributed by atoms with van der Waals surface area (Å²) in [5, 5.41) is 8.85. The number of nitriles is 1. The van der Waals surface area contributed by atoms with Gasteiger partial charge in [-0.1, -0.05) is 6.07 Å². The van der Waals surface area contributed by atoms with Gasteiger partial charge in [-0.15, -0.1) is 0 Å². The summed E-state index contributed by atoms with van der Waals surface area (Å²) in [4.78, 5) is 3.64. The standard InChI is InChI=1S/C14H11FN2O/c1-9-6-11(8-16)7-10(2)14(9)18-13-5-3-4-12(15)17-13/h3-7H,1-2H3. The summed E-state index contributed by atoms with van der Waals surface area (Å²) < 4.78 is 18.5. The number of halogens is 1. The second-order valence-corrected chi connectivity index (χ2v) is 3.95. The topological polar surface area (TPSA) is 45.9 Å². The zero-order valence-electron chi connectivity index (χ0n) is 10.1. The molecule has 1 aromatic carbocycles. The van der Waals surface area contributed by atoms with Crippen molar-refractivity contribution in [1.82, 2.24) is 4.98 Å². The maximum atomic E-state index is 13.0. The Morgan fingerprint density at radius 3 is 2.44 bits per heavy atom. The van der Waals surface area contributed by atoms with Crippen LogP contribution in [0.25, 0.3) is 0 Å². The molecule has 0 N–H and O–H groups in total. The number of hydrogen-bond donors (Lipinski definition) is 0. The van der Waals surface area contributed by atoms with Crippen LogP contribution in [0.2, 0.25) is 0 Å². The molecule has 18 heavy (non-hydrogen) atoms. The van der Waals surface area contributed by atoms with E-state index in [1.165, 1.54) is 12.1 Å². The lowest BCUT2D eigenvalue weighted by Crippen LogP contribution is -1.95. The first-order chi connectivity index (χ1) is 8.60. The van der Waals surface area contributed by atoms with Crippen LogP contribution in [0, 0.1) is 31.1 Å². The Labute approximate surface area is 104 Å². The first kappa shape index (κ1) is 12.1. The number of benzene rings is 1. The molecule has 0 saturated carbocycles. The third-order valence-corrected chi connectivity index (χ3v) is 2.49. The predicted molar refractivity (Wildman–Crippen MR) is 64.9 cm³/mol. The highest BCUT2D eigenvalue weighted by Gasteiger charge is 2.08. The van der Waals surface area contributed by atoms with Crippen LogP contribution in [0.3, 0.4) is 0 Å². The molecule has 2 rings (SSSR count). The normalized spacial score (nSPS) is 9.89. The third-order valence-electron chi connectivity index (χ3n) is 2.49. The van der Waals surface area contributed by atoms with Gasteiger partial charge in [-0.3, -0.25) is 0 Å². The number of rotatable bonds is 2. The average Bonchev–Trinajstić information content (AvgIpc) is 2.33. The number of nitrogens with zero attached hydrogens (tertiary/aromatic N) is 2. The summed E-state index contributed by atoms with van der Waals surface area (Å²) in [7, 11) is 0. The minimum atomic E-state index is -0.587. The Balaban J connectivity index is 2.38. The fraction of sp³-hybridized carbons (Fsp3) is 0.143. The molecule has 90 valence electrons. The Morgan fingerprint density at radius 2 is 1.89 bits per heavy atom. The summed E-state index contributed by atoms with van der Waals surface area (Å²) in [6.07, 6.45) is 0. The summed E-state index contributed by atoms with van der Waals surface area (Å²) in [6, 6.07) is 9.90. The van der Waals surface area contributed by atoms with Crippen molar-refractivity contribution in [1.29, 1.82) is 5.26 Å². The Hall–Kier alpha value is -2.41. The number of pyridine rings is 1. The summed E-state index contributed by atoms with van der Waals surface area (Å²) >= 11 is 0. The van der Waals surface area contributed by atoms with Crippen molar-refractivity contribution in [3.05, 3.63) is 53.0 Å². The zero-order valence-corrected chi connectivity index (χ0v) is 10.1. The van der Waals surface area contributed by atoms with E-state index in [0.29, 0.717) is 11.3 Å². The molecule has 4 heteroatoms. The van der Waals surface area contributed by atoms with Gasteiger partial charge in [-0.25, -0.2) is 0 Å². The summed E-state index contributed by atoms with van der Waals surface area (Å²) in [5.74, 6) is 0.217. The smallest absolute Gasteiger partial charge is 0.221 e. The van der Waals surface area contributed by atoms with Gasteiger partial charge in [0.15, 0.2) is 0 Å². The van der Waals surface area contributed by atoms with Gasteiger partial charge in [0.1, 0.15) is 5.75 Å². The van der Waals surface area contributed by atoms with Gasteiger partial charge in [0.25, 0.3) is 0 Å². The van der Waals surface area contributed by atoms with Gasteiger partial charge < -0.3 is 4.74 Å². The third kappa shape index (κ3) is 2.46. The van der Waals surface area contributed by atoms with Crippen molar-refractivity contribution in [2.24, 2.45) is 0 Å². The van der Waals surface area contributed by atoms with E-state index < -0.39 is 5.95 Å². The van der Waals surface area contributed by atoms with E-state index in [4.69, 9.17) is 10.00 Å². The second kappa shape index (κ2) is 4.84. The Kier molecular flexibility index (Phi) is 3.24. The molecule has 0 aliphatic heterocycles. The van der Waals surface area contributed by atoms with Crippen LogP contribution in [0.4, 0.5) is 4.39 Å². The van der Waals surface area contributed by atoms with E-state index >= 15 is 0 Å². The van der Waals surface area contributed by atoms with E-state index in [9.17, 15) is 4.39 Å². The molecule has 0 saturated heterocycles. The molecule has 0 aliphatic rings. The van der Waals surface area contributed by atoms with E-state index in [2.05, 4.69) is 11.1 Å². The molecule has 1 aromatic heterocycles. The molecular weight excluding hydrogens is 231 g/mol. The minimum absolute atomic E-state index is 0.200. The molecule has 0 aliphatic carbocycles. The maximum absolute atomic E-state index is 13.0. The highest BCUT2D eigenvalue weighted by molar-refractivity contribution is 5.48. The molecule has 0 bridgehead atoms. The fourth-order valence-corrected chi connectivity index (χ4v) is 1.73. The second-order valence-electron chi connectivity index (χ2n) is 3.95. The molecular formula is C14H11FN2O. The minimum Gasteiger partial charge on any atom is -0.438 e. The Morgan fingerprint density at radius 1 is 1.22 bits per heavy atom. The van der Waals surface area contributed by atoms with Crippen LogP contribution in [-0.4, -0.2) is 4.98 Å². The van der Waals surface area contributed by atoms with Crippen LogP contribution in [0.5, 0.6) is 11.6 Å². The van der Waals surface area contributed by atoms with Gasteiger partial charge in [-0.2, -0.15) is 14.6 Å². The highest BCUT2D eigenvalue weighted by Crippen LogP contribution is 2.28. The maximum Gasteiger partial charge on any atom is 0.221 e. The highest BCUT2D eigenvalue weighted by atomic mass is 19.1. The van der Waals surface area contributed by atoms with Crippen molar-refractivity contribution in [2.75, 3.05) is 0 Å². The first-order valence-corrected chi connectivity index (χ1v) is 5.42. The molecule has 0 unspecified atom stereocenters. The number of hydrogen-bond acceptors (Lipinski definition) is 3. The van der Waals surface area contributed by atoms with E-state index in [0.717, 1.165) is 11.1 Å². The van der Waals surface area contributed by atoms with Gasteiger partial charge in [-0.05, 0) is 43.2 Å². The lowest BCUT2D eigenvalue weighted by molar-refractivity contribution is 0.439. The van der Waals surface area contributed by atoms with Crippen LogP contribution in [0.15, 0.2) is 30.3 Å². The monoisotopic (exact) mass is 242 g/mol. The molecule has 1 heterocycles. The van der Waals surface area contributed by atoms with Gasteiger partial charge in [0.05, 0.1) is 11.6 Å². The quantitative estimate of drug-likeness (QED) is 0.757. The zero-order chi connectivity index (χ0) is 13.1. The van der Waals surface area contributed by atoms with Crippen molar-refractivity contribution in [3.8, 4) is 17.7 Å². The summed E-state index contributed by atoms with van der Waals surface area (Å²) in [6.45, 7) is 3.67. The number of ether oxygens (including phenoxy) is 1. The van der Waals surface area contributed by atoms with E-state index in [-0.39, 0.29) is 5.88 Å². The predicted octanol–water partition coefficient (Wildman–Crippen LogP) is 3.50. The molecule has 0 radical (unpaired) electrons. The molecule has 2 aromatic rings. The van der Waals surface area contributed by atoms with Crippen molar-refractivity contribution >= 4 is 0 Å². The SMILES string of the molecule is Cc1cc(C#N)cc(C)c1Oc1cccc(F)n1. The lowest BCUT2D eigenvalue weighted by atomic mass is 10.1. The van der Waals surface area contributed by atoms with E-state index in [1.54, 1.807) is 18.2 Å². The summed E-state index contributed by atoms with van der Waals surface area (Å²) in [5.41, 5.74) is 2.21. The Bertz CT molecular complexity index is 609. The van der Waals surface area contributed by atoms with E-state index in [1.807, 2.05) is 13.8 Å². The van der Waals surface area contributed by atoms with Gasteiger partial charge >= 0.3 is 0 Å². The van der Waals surface area contributed by atoms with Crippen LogP contribution >= 0.6 is 0 Å². The van der Waals surface area contributed by atoms with Gasteiger partial charge in [0, 0.05) is 6.07 Å². The lowest BCUT2D eigenvalue weighted by Gasteiger charge is -2.11. The van der Waals surface area contributed by atoms with Crippen molar-refractivity contribution in [2.45, 2.75) is 13.8 Å². The molecule has 0 fully saturated rings. The van der Waals surface area contributed by atoms with Crippen LogP contribution in [0.1, 0.15) is 16.7 Å². The molecule has 0 amide bonds. The van der Waals surface area contributed by atoms with Crippen molar-refractivity contribution < 1.29 is 9.13 Å². The molecule has 3 nitrogen and oxygen atoms in total. The van der Waals surface area contributed by atoms with Crippen LogP contribution < -0.4 is 4.74 Å². The first-order valence-electron chi connectivity index (χ1n) is 5.42.